The van der Waals surface area contributed by atoms with E-state index in [4.69, 9.17) is 13.9 Å². The first kappa shape index (κ1) is 19.8. The van der Waals surface area contributed by atoms with Crippen molar-refractivity contribution in [3.63, 3.8) is 0 Å². The summed E-state index contributed by atoms with van der Waals surface area (Å²) in [7, 11) is -3.59. The number of hydrogen-bond acceptors (Lipinski definition) is 5. The Kier molecular flexibility index (Phi) is 5.85. The highest BCUT2D eigenvalue weighted by molar-refractivity contribution is 7.54. The Labute approximate surface area is 160 Å². The van der Waals surface area contributed by atoms with Crippen molar-refractivity contribution in [3.8, 4) is 0 Å². The fourth-order valence-corrected chi connectivity index (χ4v) is 5.18. The van der Waals surface area contributed by atoms with E-state index in [-0.39, 0.29) is 12.2 Å². The Hall–Kier alpha value is -1.94. The third-order valence-electron chi connectivity index (χ3n) is 4.05. The molecule has 3 rings (SSSR count). The highest BCUT2D eigenvalue weighted by Gasteiger charge is 2.45. The summed E-state index contributed by atoms with van der Waals surface area (Å²) < 4.78 is 25.1. The maximum atomic E-state index is 13.6. The van der Waals surface area contributed by atoms with Gasteiger partial charge in [-0.2, -0.15) is 0 Å². The minimum Gasteiger partial charge on any atom is -0.374 e. The lowest BCUT2D eigenvalue weighted by atomic mass is 9.96. The van der Waals surface area contributed by atoms with Crippen molar-refractivity contribution in [2.24, 2.45) is 5.16 Å². The van der Waals surface area contributed by atoms with Gasteiger partial charge >= 0.3 is 7.60 Å². The molecule has 0 fully saturated rings. The van der Waals surface area contributed by atoms with Crippen LogP contribution in [0.5, 0.6) is 0 Å². The zero-order valence-electron chi connectivity index (χ0n) is 16.4. The van der Waals surface area contributed by atoms with Gasteiger partial charge in [-0.3, -0.25) is 4.57 Å². The summed E-state index contributed by atoms with van der Waals surface area (Å²) in [4.78, 5) is 5.74. The number of nitrogens with zero attached hydrogens (tertiary/aromatic N) is 1. The van der Waals surface area contributed by atoms with Crippen LogP contribution in [0.3, 0.4) is 0 Å². The molecule has 1 unspecified atom stereocenters. The van der Waals surface area contributed by atoms with Crippen molar-refractivity contribution >= 4 is 13.3 Å². The third kappa shape index (κ3) is 4.32. The number of fused-ring (bicyclic) bond motifs is 1. The van der Waals surface area contributed by atoms with Crippen molar-refractivity contribution in [3.05, 3.63) is 70.8 Å². The lowest BCUT2D eigenvalue weighted by molar-refractivity contribution is 0.0526. The molecule has 0 bridgehead atoms. The zero-order chi connectivity index (χ0) is 19.6. The van der Waals surface area contributed by atoms with Gasteiger partial charge in [-0.15, -0.1) is 0 Å². The van der Waals surface area contributed by atoms with Crippen molar-refractivity contribution in [2.75, 3.05) is 0 Å². The monoisotopic (exact) mass is 387 g/mol. The summed E-state index contributed by atoms with van der Waals surface area (Å²) in [6.07, 6.45) is -0.541. The van der Waals surface area contributed by atoms with E-state index in [9.17, 15) is 4.57 Å². The van der Waals surface area contributed by atoms with Gasteiger partial charge in [-0.05, 0) is 34.6 Å². The van der Waals surface area contributed by atoms with Crippen molar-refractivity contribution in [1.29, 1.82) is 0 Å². The molecule has 0 aromatic heterocycles. The Morgan fingerprint density at radius 1 is 0.963 bits per heavy atom. The van der Waals surface area contributed by atoms with Crippen molar-refractivity contribution in [2.45, 2.75) is 52.7 Å². The van der Waals surface area contributed by atoms with Crippen LogP contribution in [-0.2, 0) is 18.5 Å². The van der Waals surface area contributed by atoms with E-state index in [0.717, 1.165) is 16.7 Å². The maximum absolute atomic E-state index is 13.6. The van der Waals surface area contributed by atoms with E-state index in [1.54, 1.807) is 0 Å². The molecule has 5 nitrogen and oxygen atoms in total. The molecule has 2 aromatic rings. The Balaban J connectivity index is 2.06. The van der Waals surface area contributed by atoms with Crippen LogP contribution in [0, 0.1) is 6.92 Å². The van der Waals surface area contributed by atoms with Crippen molar-refractivity contribution in [1.82, 2.24) is 0 Å². The number of aryl methyl sites for hydroxylation is 1. The van der Waals surface area contributed by atoms with Crippen LogP contribution < -0.4 is 0 Å². The molecular weight excluding hydrogens is 361 g/mol. The lowest BCUT2D eigenvalue weighted by Crippen LogP contribution is -2.21. The first-order valence-corrected chi connectivity index (χ1v) is 10.8. The third-order valence-corrected chi connectivity index (χ3v) is 6.43. The summed E-state index contributed by atoms with van der Waals surface area (Å²) >= 11 is 0. The Morgan fingerprint density at radius 3 is 2.15 bits per heavy atom. The van der Waals surface area contributed by atoms with Crippen LogP contribution in [-0.4, -0.2) is 17.9 Å². The molecule has 27 heavy (non-hydrogen) atoms. The van der Waals surface area contributed by atoms with Gasteiger partial charge < -0.3 is 13.9 Å². The topological polar surface area (TPSA) is 57.1 Å². The summed E-state index contributed by atoms with van der Waals surface area (Å²) in [6.45, 7) is 9.34. The second-order valence-corrected chi connectivity index (χ2v) is 9.17. The molecule has 1 aliphatic heterocycles. The molecule has 0 N–H and O–H groups in total. The minimum absolute atomic E-state index is 0.271. The number of hydrogen-bond donors (Lipinski definition) is 0. The highest BCUT2D eigenvalue weighted by atomic mass is 31.2. The molecule has 1 atom stereocenters. The van der Waals surface area contributed by atoms with E-state index in [1.807, 2.05) is 83.1 Å². The molecule has 0 radical (unpaired) electrons. The van der Waals surface area contributed by atoms with Crippen LogP contribution in [0.4, 0.5) is 0 Å². The van der Waals surface area contributed by atoms with E-state index in [0.29, 0.717) is 5.71 Å². The minimum atomic E-state index is -3.59. The molecule has 1 heterocycles. The Morgan fingerprint density at radius 2 is 1.56 bits per heavy atom. The number of oxime groups is 1. The largest absolute Gasteiger partial charge is 0.378 e. The van der Waals surface area contributed by atoms with E-state index >= 15 is 0 Å². The molecule has 0 aliphatic carbocycles. The van der Waals surface area contributed by atoms with Gasteiger partial charge in [0.2, 0.25) is 0 Å². The van der Waals surface area contributed by atoms with Gasteiger partial charge in [0.05, 0.1) is 12.2 Å². The first-order chi connectivity index (χ1) is 12.8. The van der Waals surface area contributed by atoms with Gasteiger partial charge in [0.1, 0.15) is 5.71 Å². The highest BCUT2D eigenvalue weighted by Crippen LogP contribution is 2.64. The van der Waals surface area contributed by atoms with Crippen LogP contribution in [0.15, 0.2) is 53.7 Å². The Bertz CT molecular complexity index is 860. The fourth-order valence-electron chi connectivity index (χ4n) is 3.01. The summed E-state index contributed by atoms with van der Waals surface area (Å²) in [5, 5.41) is 4.32. The van der Waals surface area contributed by atoms with Gasteiger partial charge in [-0.1, -0.05) is 59.3 Å². The molecule has 0 spiro atoms. The second kappa shape index (κ2) is 7.97. The smallest absolute Gasteiger partial charge is 0.374 e. The lowest BCUT2D eigenvalue weighted by Gasteiger charge is -2.31. The maximum Gasteiger partial charge on any atom is 0.378 e. The standard InChI is InChI=1S/C21H26NO4P/c1-14(2)25-27(23,26-15(3)4)21-19-9-7-6-8-18(19)20(22-24-21)17-12-10-16(5)11-13-17/h6-15,21H,1-5H3. The van der Waals surface area contributed by atoms with E-state index < -0.39 is 13.4 Å². The van der Waals surface area contributed by atoms with Crippen molar-refractivity contribution < 1.29 is 18.5 Å². The second-order valence-electron chi connectivity index (χ2n) is 7.20. The normalized spacial score (nSPS) is 16.9. The zero-order valence-corrected chi connectivity index (χ0v) is 17.3. The van der Waals surface area contributed by atoms with Gasteiger partial charge in [0, 0.05) is 16.7 Å². The number of rotatable bonds is 6. The van der Waals surface area contributed by atoms with Crippen LogP contribution in [0.25, 0.3) is 0 Å². The average molecular weight is 387 g/mol. The molecule has 0 amide bonds. The van der Waals surface area contributed by atoms with E-state index in [2.05, 4.69) is 5.16 Å². The summed E-state index contributed by atoms with van der Waals surface area (Å²) in [5.41, 5.74) is 4.45. The summed E-state index contributed by atoms with van der Waals surface area (Å²) in [5.74, 6) is -0.896. The van der Waals surface area contributed by atoms with Gasteiger partial charge in [0.15, 0.2) is 0 Å². The molecule has 6 heteroatoms. The average Bonchev–Trinajstić information content (AvgIpc) is 2.60. The molecule has 0 saturated heterocycles. The quantitative estimate of drug-likeness (QED) is 0.586. The summed E-state index contributed by atoms with van der Waals surface area (Å²) in [6, 6.07) is 15.7. The molecule has 0 saturated carbocycles. The molecule has 2 aromatic carbocycles. The predicted octanol–water partition coefficient (Wildman–Crippen LogP) is 5.82. The molecule has 144 valence electrons. The van der Waals surface area contributed by atoms with E-state index in [1.165, 1.54) is 5.56 Å². The van der Waals surface area contributed by atoms with Crippen LogP contribution in [0.2, 0.25) is 0 Å². The number of benzene rings is 2. The predicted molar refractivity (Wildman–Crippen MR) is 107 cm³/mol. The first-order valence-electron chi connectivity index (χ1n) is 9.17. The van der Waals surface area contributed by atoms with Crippen LogP contribution >= 0.6 is 7.60 Å². The van der Waals surface area contributed by atoms with Gasteiger partial charge in [0.25, 0.3) is 5.85 Å². The fraction of sp³-hybridized carbons (Fsp3) is 0.381. The molecule has 1 aliphatic rings. The SMILES string of the molecule is Cc1ccc(C2=NOC(P(=O)(OC(C)C)OC(C)C)c3ccccc32)cc1. The molecular formula is C21H26NO4P. The van der Waals surface area contributed by atoms with Crippen LogP contribution in [0.1, 0.15) is 55.8 Å². The van der Waals surface area contributed by atoms with Gasteiger partial charge in [-0.25, -0.2) is 0 Å².